The number of hydrogen-bond acceptors (Lipinski definition) is 8. The molecule has 124 valence electrons. The minimum atomic E-state index is -1.36. The van der Waals surface area contributed by atoms with Crippen molar-refractivity contribution in [1.82, 2.24) is 15.3 Å². The molecule has 0 aromatic carbocycles. The van der Waals surface area contributed by atoms with Crippen LogP contribution in [0.3, 0.4) is 0 Å². The van der Waals surface area contributed by atoms with Gasteiger partial charge in [0.15, 0.2) is 5.82 Å². The zero-order chi connectivity index (χ0) is 16.9. The zero-order valence-electron chi connectivity index (χ0n) is 13.0. The summed E-state index contributed by atoms with van der Waals surface area (Å²) in [6.07, 6.45) is -2.13. The minimum absolute atomic E-state index is 0.0452. The monoisotopic (exact) mass is 314 g/mol. The first kappa shape index (κ1) is 17.9. The van der Waals surface area contributed by atoms with Gasteiger partial charge in [-0.3, -0.25) is 0 Å². The molecule has 0 saturated carbocycles. The maximum Gasteiger partial charge on any atom is 0.407 e. The van der Waals surface area contributed by atoms with Crippen LogP contribution in [0, 0.1) is 0 Å². The third kappa shape index (κ3) is 5.34. The van der Waals surface area contributed by atoms with Gasteiger partial charge in [0, 0.05) is 6.54 Å². The SMILES string of the molecule is COc1nc(C(O)C(O)CNC(=O)OC(C)(C)C)cnc1N. The lowest BCUT2D eigenvalue weighted by Crippen LogP contribution is -2.39. The van der Waals surface area contributed by atoms with Crippen LogP contribution in [-0.2, 0) is 4.74 Å². The second-order valence-corrected chi connectivity index (χ2v) is 5.58. The summed E-state index contributed by atoms with van der Waals surface area (Å²) in [5, 5.41) is 22.2. The number of aromatic nitrogens is 2. The van der Waals surface area contributed by atoms with Crippen LogP contribution in [0.1, 0.15) is 32.6 Å². The van der Waals surface area contributed by atoms with E-state index < -0.39 is 23.9 Å². The van der Waals surface area contributed by atoms with Crippen LogP contribution in [0.25, 0.3) is 0 Å². The van der Waals surface area contributed by atoms with Crippen LogP contribution in [-0.4, -0.2) is 51.6 Å². The molecule has 1 heterocycles. The summed E-state index contributed by atoms with van der Waals surface area (Å²) in [5.74, 6) is 0.115. The fourth-order valence-corrected chi connectivity index (χ4v) is 1.50. The van der Waals surface area contributed by atoms with Crippen molar-refractivity contribution in [1.29, 1.82) is 0 Å². The van der Waals surface area contributed by atoms with Crippen molar-refractivity contribution in [3.8, 4) is 5.88 Å². The Morgan fingerprint density at radius 3 is 2.64 bits per heavy atom. The average molecular weight is 314 g/mol. The summed E-state index contributed by atoms with van der Waals surface area (Å²) in [6.45, 7) is 4.93. The Balaban J connectivity index is 2.62. The third-order valence-electron chi connectivity index (χ3n) is 2.50. The smallest absolute Gasteiger partial charge is 0.407 e. The van der Waals surface area contributed by atoms with E-state index in [9.17, 15) is 15.0 Å². The van der Waals surface area contributed by atoms with E-state index in [1.54, 1.807) is 20.8 Å². The number of hydrogen-bond donors (Lipinski definition) is 4. The van der Waals surface area contributed by atoms with Gasteiger partial charge in [0.05, 0.1) is 19.0 Å². The van der Waals surface area contributed by atoms with Gasteiger partial charge in [-0.2, -0.15) is 0 Å². The number of nitrogen functional groups attached to an aromatic ring is 1. The standard InChI is InChI=1S/C13H22N4O5/c1-13(2,3)22-12(20)16-6-8(18)9(19)7-5-15-10(14)11(17-7)21-4/h5,8-9,18-19H,6H2,1-4H3,(H2,14,15)(H,16,20). The molecule has 22 heavy (non-hydrogen) atoms. The van der Waals surface area contributed by atoms with E-state index in [-0.39, 0.29) is 23.9 Å². The molecule has 0 radical (unpaired) electrons. The number of aliphatic hydroxyl groups excluding tert-OH is 2. The summed E-state index contributed by atoms with van der Waals surface area (Å²) in [7, 11) is 1.36. The number of alkyl carbamates (subject to hydrolysis) is 1. The lowest BCUT2D eigenvalue weighted by atomic mass is 10.1. The molecule has 1 aromatic heterocycles. The van der Waals surface area contributed by atoms with Gasteiger partial charge in [-0.25, -0.2) is 14.8 Å². The average Bonchev–Trinajstić information content (AvgIpc) is 2.42. The number of carbonyl (C=O) groups is 1. The molecule has 0 saturated heterocycles. The Morgan fingerprint density at radius 2 is 2.09 bits per heavy atom. The highest BCUT2D eigenvalue weighted by Gasteiger charge is 2.23. The van der Waals surface area contributed by atoms with Crippen LogP contribution in [0.4, 0.5) is 10.6 Å². The molecule has 2 atom stereocenters. The van der Waals surface area contributed by atoms with Crippen molar-refractivity contribution in [2.45, 2.75) is 38.6 Å². The molecule has 0 aliphatic carbocycles. The van der Waals surface area contributed by atoms with Crippen molar-refractivity contribution in [2.24, 2.45) is 0 Å². The Hall–Kier alpha value is -2.13. The molecule has 9 nitrogen and oxygen atoms in total. The molecule has 0 bridgehead atoms. The van der Waals surface area contributed by atoms with Crippen LogP contribution in [0.5, 0.6) is 5.88 Å². The first-order valence-electron chi connectivity index (χ1n) is 6.63. The summed E-state index contributed by atoms with van der Waals surface area (Å²) in [5.41, 5.74) is 4.94. The van der Waals surface area contributed by atoms with Gasteiger partial charge in [0.2, 0.25) is 0 Å². The molecule has 0 fully saturated rings. The number of nitrogens with zero attached hydrogens (tertiary/aromatic N) is 2. The summed E-state index contributed by atoms with van der Waals surface area (Å²) in [4.78, 5) is 19.2. The number of anilines is 1. The van der Waals surface area contributed by atoms with Crippen molar-refractivity contribution in [3.63, 3.8) is 0 Å². The van der Waals surface area contributed by atoms with E-state index in [0.29, 0.717) is 0 Å². The van der Waals surface area contributed by atoms with Crippen LogP contribution in [0.2, 0.25) is 0 Å². The summed E-state index contributed by atoms with van der Waals surface area (Å²) in [6, 6.07) is 0. The Kier molecular flexibility index (Phi) is 5.89. The van der Waals surface area contributed by atoms with E-state index >= 15 is 0 Å². The molecule has 1 amide bonds. The highest BCUT2D eigenvalue weighted by molar-refractivity contribution is 5.67. The Morgan fingerprint density at radius 1 is 1.45 bits per heavy atom. The van der Waals surface area contributed by atoms with Crippen LogP contribution < -0.4 is 15.8 Å². The summed E-state index contributed by atoms with van der Waals surface area (Å²) < 4.78 is 9.91. The fraction of sp³-hybridized carbons (Fsp3) is 0.615. The van der Waals surface area contributed by atoms with E-state index in [1.165, 1.54) is 13.3 Å². The predicted octanol–water partition coefficient (Wildman–Crippen LogP) is -0.0136. The first-order chi connectivity index (χ1) is 10.1. The van der Waals surface area contributed by atoms with Gasteiger partial charge < -0.3 is 30.7 Å². The number of amides is 1. The number of ether oxygens (including phenoxy) is 2. The van der Waals surface area contributed by atoms with E-state index in [0.717, 1.165) is 0 Å². The maximum atomic E-state index is 11.5. The molecule has 9 heteroatoms. The quantitative estimate of drug-likeness (QED) is 0.595. The molecule has 1 aromatic rings. The molecular weight excluding hydrogens is 292 g/mol. The van der Waals surface area contributed by atoms with E-state index in [2.05, 4.69) is 15.3 Å². The predicted molar refractivity (Wildman–Crippen MR) is 78.2 cm³/mol. The number of nitrogens with two attached hydrogens (primary N) is 1. The fourth-order valence-electron chi connectivity index (χ4n) is 1.50. The molecule has 0 spiro atoms. The lowest BCUT2D eigenvalue weighted by molar-refractivity contribution is 0.0105. The maximum absolute atomic E-state index is 11.5. The normalized spacial score (nSPS) is 14.1. The topological polar surface area (TPSA) is 140 Å². The van der Waals surface area contributed by atoms with Gasteiger partial charge in [-0.15, -0.1) is 0 Å². The Labute approximate surface area is 128 Å². The second-order valence-electron chi connectivity index (χ2n) is 5.58. The summed E-state index contributed by atoms with van der Waals surface area (Å²) >= 11 is 0. The molecule has 1 rings (SSSR count). The minimum Gasteiger partial charge on any atom is -0.478 e. The number of aliphatic hydroxyl groups is 2. The highest BCUT2D eigenvalue weighted by atomic mass is 16.6. The third-order valence-corrected chi connectivity index (χ3v) is 2.50. The van der Waals surface area contributed by atoms with Crippen molar-refractivity contribution < 1.29 is 24.5 Å². The molecule has 0 aliphatic rings. The van der Waals surface area contributed by atoms with Gasteiger partial charge >= 0.3 is 6.09 Å². The van der Waals surface area contributed by atoms with Crippen molar-refractivity contribution in [3.05, 3.63) is 11.9 Å². The van der Waals surface area contributed by atoms with Gasteiger partial charge in [0.25, 0.3) is 5.88 Å². The lowest BCUT2D eigenvalue weighted by Gasteiger charge is -2.22. The number of nitrogens with one attached hydrogen (secondary N) is 1. The zero-order valence-corrected chi connectivity index (χ0v) is 13.0. The second kappa shape index (κ2) is 7.23. The number of carbonyl (C=O) groups excluding carboxylic acids is 1. The largest absolute Gasteiger partial charge is 0.478 e. The molecule has 0 aliphatic heterocycles. The van der Waals surface area contributed by atoms with Crippen LogP contribution in [0.15, 0.2) is 6.20 Å². The number of methoxy groups -OCH3 is 1. The first-order valence-corrected chi connectivity index (χ1v) is 6.63. The van der Waals surface area contributed by atoms with E-state index in [4.69, 9.17) is 15.2 Å². The molecular formula is C13H22N4O5. The van der Waals surface area contributed by atoms with Gasteiger partial charge in [0.1, 0.15) is 17.8 Å². The molecule has 5 N–H and O–H groups in total. The van der Waals surface area contributed by atoms with Gasteiger partial charge in [-0.05, 0) is 20.8 Å². The van der Waals surface area contributed by atoms with Crippen molar-refractivity contribution in [2.75, 3.05) is 19.4 Å². The highest BCUT2D eigenvalue weighted by Crippen LogP contribution is 2.20. The van der Waals surface area contributed by atoms with Gasteiger partial charge in [-0.1, -0.05) is 0 Å². The van der Waals surface area contributed by atoms with E-state index in [1.807, 2.05) is 0 Å². The number of rotatable bonds is 5. The van der Waals surface area contributed by atoms with Crippen LogP contribution >= 0.6 is 0 Å². The molecule has 2 unspecified atom stereocenters. The van der Waals surface area contributed by atoms with Crippen molar-refractivity contribution >= 4 is 11.9 Å². The Bertz CT molecular complexity index is 518.